The van der Waals surface area contributed by atoms with Crippen LogP contribution in [0, 0.1) is 0 Å². The minimum atomic E-state index is -0.329. The van der Waals surface area contributed by atoms with Crippen molar-refractivity contribution in [3.8, 4) is 0 Å². The van der Waals surface area contributed by atoms with Crippen LogP contribution in [-0.4, -0.2) is 49.1 Å². The summed E-state index contributed by atoms with van der Waals surface area (Å²) in [5.41, 5.74) is 0. The molecule has 0 aliphatic heterocycles. The van der Waals surface area contributed by atoms with Gasteiger partial charge in [-0.2, -0.15) is 0 Å². The predicted molar refractivity (Wildman–Crippen MR) is 91.1 cm³/mol. The molecular formula is C16H32O8. The summed E-state index contributed by atoms with van der Waals surface area (Å²) in [6.07, 6.45) is 1.10. The van der Waals surface area contributed by atoms with E-state index in [2.05, 4.69) is 20.8 Å². The molecule has 8 nitrogen and oxygen atoms in total. The largest absolute Gasteiger partial charge is 0.469 e. The molecule has 144 valence electrons. The molecule has 0 bridgehead atoms. The van der Waals surface area contributed by atoms with Crippen molar-refractivity contribution in [3.05, 3.63) is 12.8 Å². The molecule has 0 atom stereocenters. The van der Waals surface area contributed by atoms with Crippen molar-refractivity contribution >= 4 is 23.7 Å². The smallest absolute Gasteiger partial charge is 0.307 e. The van der Waals surface area contributed by atoms with Gasteiger partial charge in [0.05, 0.1) is 20.0 Å². The molecule has 0 rings (SSSR count). The van der Waals surface area contributed by atoms with Crippen LogP contribution in [-0.2, 0) is 33.4 Å². The van der Waals surface area contributed by atoms with Gasteiger partial charge in [-0.3, -0.25) is 14.4 Å². The first-order chi connectivity index (χ1) is 11.0. The summed E-state index contributed by atoms with van der Waals surface area (Å²) in [7, 11) is 1.35. The Kier molecular flexibility index (Phi) is 45.4. The minimum Gasteiger partial charge on any atom is -0.469 e. The summed E-state index contributed by atoms with van der Waals surface area (Å²) in [5.74, 6) is -0.618. The highest BCUT2D eigenvalue weighted by atomic mass is 16.5. The second kappa shape index (κ2) is 32.7. The summed E-state index contributed by atoms with van der Waals surface area (Å²) in [6.45, 7) is 14.5. The zero-order valence-corrected chi connectivity index (χ0v) is 16.0. The fourth-order valence-corrected chi connectivity index (χ4v) is 0.321. The molecule has 0 radical (unpaired) electrons. The lowest BCUT2D eigenvalue weighted by molar-refractivity contribution is -0.140. The first-order valence-corrected chi connectivity index (χ1v) is 7.00. The van der Waals surface area contributed by atoms with Crippen LogP contribution >= 0.6 is 0 Å². The lowest BCUT2D eigenvalue weighted by Crippen LogP contribution is -1.95. The molecule has 24 heavy (non-hydrogen) atoms. The van der Waals surface area contributed by atoms with Gasteiger partial charge in [0.15, 0.2) is 0 Å². The van der Waals surface area contributed by atoms with Crippen LogP contribution in [0.4, 0.5) is 0 Å². The van der Waals surface area contributed by atoms with Crippen LogP contribution in [0.2, 0.25) is 0 Å². The number of aliphatic hydroxyl groups excluding tert-OH is 1. The first kappa shape index (κ1) is 33.4. The Morgan fingerprint density at radius 3 is 1.21 bits per heavy atom. The fraction of sp³-hybridized carbons (Fsp3) is 0.625. The van der Waals surface area contributed by atoms with Crippen LogP contribution in [0.3, 0.4) is 0 Å². The molecule has 0 saturated carbocycles. The number of ether oxygens (including phenoxy) is 3. The van der Waals surface area contributed by atoms with Crippen LogP contribution in [0.1, 0.15) is 48.5 Å². The average molecular weight is 352 g/mol. The van der Waals surface area contributed by atoms with Gasteiger partial charge in [-0.1, -0.05) is 6.58 Å². The maximum atomic E-state index is 9.82. The molecule has 0 aliphatic carbocycles. The third-order valence-electron chi connectivity index (χ3n) is 0.884. The number of aliphatic hydroxyl groups is 1. The van der Waals surface area contributed by atoms with Gasteiger partial charge in [0.25, 0.3) is 0 Å². The normalized spacial score (nSPS) is 6.88. The predicted octanol–water partition coefficient (Wildman–Crippen LogP) is 2.04. The molecule has 0 aromatic carbocycles. The number of carbonyl (C=O) groups excluding carboxylic acids is 4. The van der Waals surface area contributed by atoms with E-state index in [0.29, 0.717) is 6.61 Å². The Balaban J connectivity index is -0.0000000641. The van der Waals surface area contributed by atoms with Crippen molar-refractivity contribution in [2.24, 2.45) is 0 Å². The molecule has 0 aliphatic rings. The number of hydrogen-bond acceptors (Lipinski definition) is 8. The van der Waals surface area contributed by atoms with Gasteiger partial charge in [-0.05, 0) is 27.7 Å². The second-order valence-corrected chi connectivity index (χ2v) is 3.62. The molecule has 0 amide bonds. The highest BCUT2D eigenvalue weighted by molar-refractivity contribution is 5.72. The van der Waals surface area contributed by atoms with Gasteiger partial charge in [0, 0.05) is 27.4 Å². The summed E-state index contributed by atoms with van der Waals surface area (Å²) >= 11 is 0. The van der Waals surface area contributed by atoms with Crippen LogP contribution in [0.5, 0.6) is 0 Å². The highest BCUT2D eigenvalue weighted by Gasteiger charge is 1.81. The Morgan fingerprint density at radius 1 is 0.917 bits per heavy atom. The van der Waals surface area contributed by atoms with Gasteiger partial charge in [0.2, 0.25) is 0 Å². The van der Waals surface area contributed by atoms with E-state index in [0.717, 1.165) is 6.26 Å². The lowest BCUT2D eigenvalue weighted by atomic mass is 10.6. The second-order valence-electron chi connectivity index (χ2n) is 3.62. The van der Waals surface area contributed by atoms with Gasteiger partial charge in [-0.15, -0.1) is 0 Å². The number of rotatable bonds is 2. The van der Waals surface area contributed by atoms with Gasteiger partial charge >= 0.3 is 17.9 Å². The quantitative estimate of drug-likeness (QED) is 0.456. The number of carbonyl (C=O) groups is 4. The zero-order valence-electron chi connectivity index (χ0n) is 16.0. The SMILES string of the molecule is C=COC(C)=O.CC(C)=O.CCO.CCOC(C)=O.COC(C)=O. The molecule has 0 fully saturated rings. The average Bonchev–Trinajstić information content (AvgIpc) is 2.39. The molecule has 8 heteroatoms. The van der Waals surface area contributed by atoms with Crippen molar-refractivity contribution < 1.29 is 38.5 Å². The summed E-state index contributed by atoms with van der Waals surface area (Å²) in [5, 5.41) is 7.57. The highest BCUT2D eigenvalue weighted by Crippen LogP contribution is 1.70. The molecule has 0 unspecified atom stereocenters. The van der Waals surface area contributed by atoms with E-state index in [-0.39, 0.29) is 30.3 Å². The third kappa shape index (κ3) is 209. The minimum absolute atomic E-state index is 0.167. The first-order valence-electron chi connectivity index (χ1n) is 7.00. The van der Waals surface area contributed by atoms with Crippen LogP contribution < -0.4 is 0 Å². The molecular weight excluding hydrogens is 320 g/mol. The van der Waals surface area contributed by atoms with E-state index in [4.69, 9.17) is 5.11 Å². The number of ketones is 1. The van der Waals surface area contributed by atoms with E-state index >= 15 is 0 Å². The fourth-order valence-electron chi connectivity index (χ4n) is 0.321. The Hall–Kier alpha value is -2.22. The third-order valence-corrected chi connectivity index (χ3v) is 0.884. The maximum Gasteiger partial charge on any atom is 0.307 e. The number of hydrogen-bond donors (Lipinski definition) is 1. The zero-order chi connectivity index (χ0) is 20.6. The Morgan fingerprint density at radius 2 is 1.21 bits per heavy atom. The Labute approximate surface area is 144 Å². The lowest BCUT2D eigenvalue weighted by Gasteiger charge is -1.89. The summed E-state index contributed by atoms with van der Waals surface area (Å²) in [6, 6.07) is 0. The summed E-state index contributed by atoms with van der Waals surface area (Å²) < 4.78 is 12.7. The van der Waals surface area contributed by atoms with E-state index in [1.165, 1.54) is 41.7 Å². The monoisotopic (exact) mass is 352 g/mol. The van der Waals surface area contributed by atoms with Crippen molar-refractivity contribution in [1.29, 1.82) is 0 Å². The molecule has 0 aromatic heterocycles. The van der Waals surface area contributed by atoms with Crippen molar-refractivity contribution in [2.45, 2.75) is 48.5 Å². The van der Waals surface area contributed by atoms with E-state index in [9.17, 15) is 19.2 Å². The number of Topliss-reactive ketones (excluding diaryl/α,β-unsaturated/α-hetero) is 1. The van der Waals surface area contributed by atoms with Gasteiger partial charge < -0.3 is 24.1 Å². The van der Waals surface area contributed by atoms with Crippen molar-refractivity contribution in [1.82, 2.24) is 0 Å². The maximum absolute atomic E-state index is 9.82. The number of methoxy groups -OCH3 is 1. The summed E-state index contributed by atoms with van der Waals surface area (Å²) in [4.78, 5) is 38.6. The molecule has 0 aromatic rings. The topological polar surface area (TPSA) is 116 Å². The van der Waals surface area contributed by atoms with Crippen LogP contribution in [0.15, 0.2) is 12.8 Å². The molecule has 0 heterocycles. The van der Waals surface area contributed by atoms with Gasteiger partial charge in [0.1, 0.15) is 5.78 Å². The molecule has 1 N–H and O–H groups in total. The van der Waals surface area contributed by atoms with Gasteiger partial charge in [-0.25, -0.2) is 0 Å². The van der Waals surface area contributed by atoms with Crippen molar-refractivity contribution in [2.75, 3.05) is 20.3 Å². The van der Waals surface area contributed by atoms with Crippen LogP contribution in [0.25, 0.3) is 0 Å². The van der Waals surface area contributed by atoms with E-state index < -0.39 is 0 Å². The molecule has 0 saturated heterocycles. The molecule has 0 spiro atoms. The number of esters is 3. The Bertz CT molecular complexity index is 320. The standard InChI is InChI=1S/C4H8O2.C4H6O2.C3H6O2.C3H6O.C2H6O/c2*1-3-6-4(2)5;1-3(4)5-2;1-3(2)4;1-2-3/h3H2,1-2H3;3H,1H2,2H3;1-2H3;1-2H3;3H,2H2,1H3. The van der Waals surface area contributed by atoms with Crippen molar-refractivity contribution in [3.63, 3.8) is 0 Å². The van der Waals surface area contributed by atoms with E-state index in [1.54, 1.807) is 13.8 Å². The van der Waals surface area contributed by atoms with E-state index in [1.807, 2.05) is 0 Å².